The molecule has 0 saturated heterocycles. The van der Waals surface area contributed by atoms with Crippen molar-refractivity contribution in [2.45, 2.75) is 24.3 Å². The van der Waals surface area contributed by atoms with Crippen LogP contribution in [0.2, 0.25) is 0 Å². The van der Waals surface area contributed by atoms with E-state index in [0.717, 1.165) is 4.88 Å². The molecule has 0 unspecified atom stereocenters. The molecule has 112 valence electrons. The molecule has 0 radical (unpaired) electrons. The molecule has 0 fully saturated rings. The molecule has 2 heterocycles. The third-order valence-corrected chi connectivity index (χ3v) is 6.03. The van der Waals surface area contributed by atoms with Crippen molar-refractivity contribution >= 4 is 21.4 Å². The molecule has 21 heavy (non-hydrogen) atoms. The number of ether oxygens (including phenoxy) is 2. The highest BCUT2D eigenvalue weighted by molar-refractivity contribution is 7.89. The molecule has 0 atom stereocenters. The van der Waals surface area contributed by atoms with Gasteiger partial charge in [-0.15, -0.1) is 11.3 Å². The van der Waals surface area contributed by atoms with E-state index < -0.39 is 15.6 Å². The van der Waals surface area contributed by atoms with E-state index >= 15 is 0 Å². The number of rotatable bonds is 4. The Morgan fingerprint density at radius 3 is 2.67 bits per heavy atom. The normalized spacial score (nSPS) is 14.4. The summed E-state index contributed by atoms with van der Waals surface area (Å²) in [4.78, 5) is 1.11. The van der Waals surface area contributed by atoms with Crippen LogP contribution in [0.5, 0.6) is 11.5 Å². The van der Waals surface area contributed by atoms with Crippen LogP contribution in [-0.4, -0.2) is 15.2 Å². The summed E-state index contributed by atoms with van der Waals surface area (Å²) in [7, 11) is -3.64. The second kappa shape index (κ2) is 5.01. The maximum absolute atomic E-state index is 12.5. The number of sulfonamides is 1. The van der Waals surface area contributed by atoms with Gasteiger partial charge in [0.05, 0.1) is 10.4 Å². The number of hydrogen-bond donors (Lipinski definition) is 1. The quantitative estimate of drug-likeness (QED) is 0.939. The molecule has 1 N–H and O–H groups in total. The van der Waals surface area contributed by atoms with Crippen LogP contribution in [-0.2, 0) is 15.6 Å². The zero-order valence-corrected chi connectivity index (χ0v) is 13.3. The molecule has 1 aliphatic heterocycles. The van der Waals surface area contributed by atoms with E-state index in [-0.39, 0.29) is 11.7 Å². The number of nitrogens with one attached hydrogen (secondary N) is 1. The van der Waals surface area contributed by atoms with Crippen LogP contribution in [0, 0.1) is 0 Å². The van der Waals surface area contributed by atoms with Crippen molar-refractivity contribution in [2.75, 3.05) is 6.79 Å². The first-order valence-electron chi connectivity index (χ1n) is 6.36. The Balaban J connectivity index is 1.91. The van der Waals surface area contributed by atoms with E-state index in [1.807, 2.05) is 31.4 Å². The summed E-state index contributed by atoms with van der Waals surface area (Å²) in [5.74, 6) is 1.01. The van der Waals surface area contributed by atoms with Gasteiger partial charge in [0, 0.05) is 10.9 Å². The van der Waals surface area contributed by atoms with Gasteiger partial charge in [0.25, 0.3) is 0 Å². The van der Waals surface area contributed by atoms with Gasteiger partial charge in [-0.3, -0.25) is 0 Å². The van der Waals surface area contributed by atoms with Gasteiger partial charge in [-0.2, -0.15) is 0 Å². The van der Waals surface area contributed by atoms with Crippen LogP contribution < -0.4 is 14.2 Å². The van der Waals surface area contributed by atoms with Gasteiger partial charge in [0.15, 0.2) is 11.5 Å². The third kappa shape index (κ3) is 2.76. The summed E-state index contributed by atoms with van der Waals surface area (Å²) in [6.45, 7) is 3.79. The third-order valence-electron chi connectivity index (χ3n) is 3.18. The molecular formula is C14H15NO4S2. The molecule has 1 aromatic heterocycles. The van der Waals surface area contributed by atoms with E-state index in [0.29, 0.717) is 11.5 Å². The van der Waals surface area contributed by atoms with Crippen molar-refractivity contribution in [1.29, 1.82) is 0 Å². The minimum Gasteiger partial charge on any atom is -0.454 e. The molecule has 0 aliphatic carbocycles. The standard InChI is InChI=1S/C14H15NO4S2/c1-14(2,13-4-3-7-20-13)15-21(16,17)10-5-6-11-12(8-10)19-9-18-11/h3-8,15H,9H2,1-2H3. The largest absolute Gasteiger partial charge is 0.454 e. The number of thiophene rings is 1. The lowest BCUT2D eigenvalue weighted by molar-refractivity contribution is 0.174. The Morgan fingerprint density at radius 1 is 1.19 bits per heavy atom. The summed E-state index contributed by atoms with van der Waals surface area (Å²) in [5.41, 5.74) is -0.677. The van der Waals surface area contributed by atoms with Crippen molar-refractivity contribution in [2.24, 2.45) is 0 Å². The van der Waals surface area contributed by atoms with Crippen LogP contribution in [0.4, 0.5) is 0 Å². The van der Waals surface area contributed by atoms with Crippen LogP contribution in [0.3, 0.4) is 0 Å². The topological polar surface area (TPSA) is 64.6 Å². The Bertz CT molecular complexity index is 751. The van der Waals surface area contributed by atoms with Gasteiger partial charge >= 0.3 is 0 Å². The maximum Gasteiger partial charge on any atom is 0.241 e. The first-order chi connectivity index (χ1) is 9.88. The maximum atomic E-state index is 12.5. The SMILES string of the molecule is CC(C)(NS(=O)(=O)c1ccc2c(c1)OCO2)c1cccs1. The second-order valence-corrected chi connectivity index (χ2v) is 7.85. The zero-order valence-electron chi connectivity index (χ0n) is 11.6. The first kappa shape index (κ1) is 14.4. The highest BCUT2D eigenvalue weighted by Gasteiger charge is 2.29. The van der Waals surface area contributed by atoms with Crippen molar-refractivity contribution < 1.29 is 17.9 Å². The monoisotopic (exact) mass is 325 g/mol. The van der Waals surface area contributed by atoms with Gasteiger partial charge in [0.2, 0.25) is 16.8 Å². The summed E-state index contributed by atoms with van der Waals surface area (Å²) >= 11 is 1.51. The number of benzene rings is 1. The van der Waals surface area contributed by atoms with Crippen LogP contribution in [0.1, 0.15) is 18.7 Å². The van der Waals surface area contributed by atoms with E-state index in [1.165, 1.54) is 23.5 Å². The lowest BCUT2D eigenvalue weighted by Crippen LogP contribution is -2.40. The smallest absolute Gasteiger partial charge is 0.241 e. The fourth-order valence-electron chi connectivity index (χ4n) is 2.12. The molecule has 7 heteroatoms. The number of hydrogen-bond acceptors (Lipinski definition) is 5. The van der Waals surface area contributed by atoms with E-state index in [2.05, 4.69) is 4.72 Å². The minimum absolute atomic E-state index is 0.118. The highest BCUT2D eigenvalue weighted by atomic mass is 32.2. The summed E-state index contributed by atoms with van der Waals surface area (Å²) < 4.78 is 38.2. The first-order valence-corrected chi connectivity index (χ1v) is 8.72. The summed E-state index contributed by atoms with van der Waals surface area (Å²) in [5, 5.41) is 1.92. The van der Waals surface area contributed by atoms with Crippen molar-refractivity contribution in [3.8, 4) is 11.5 Å². The van der Waals surface area contributed by atoms with Gasteiger partial charge in [-0.25, -0.2) is 13.1 Å². The van der Waals surface area contributed by atoms with Crippen LogP contribution >= 0.6 is 11.3 Å². The summed E-state index contributed by atoms with van der Waals surface area (Å²) in [6.07, 6.45) is 0. The van der Waals surface area contributed by atoms with E-state index in [9.17, 15) is 8.42 Å². The molecule has 3 rings (SSSR count). The fourth-order valence-corrected chi connectivity index (χ4v) is 4.40. The molecule has 0 bridgehead atoms. The lowest BCUT2D eigenvalue weighted by Gasteiger charge is -2.24. The molecule has 1 aromatic carbocycles. The molecule has 0 amide bonds. The van der Waals surface area contributed by atoms with Gasteiger partial charge in [0.1, 0.15) is 0 Å². The Kier molecular flexibility index (Phi) is 3.43. The average Bonchev–Trinajstić information content (AvgIpc) is 3.08. The molecule has 1 aliphatic rings. The van der Waals surface area contributed by atoms with Crippen LogP contribution in [0.25, 0.3) is 0 Å². The van der Waals surface area contributed by atoms with Gasteiger partial charge < -0.3 is 9.47 Å². The molecule has 0 saturated carbocycles. The minimum atomic E-state index is -3.64. The predicted molar refractivity (Wildman–Crippen MR) is 80.2 cm³/mol. The second-order valence-electron chi connectivity index (χ2n) is 5.22. The highest BCUT2D eigenvalue weighted by Crippen LogP contribution is 2.34. The van der Waals surface area contributed by atoms with Gasteiger partial charge in [-0.1, -0.05) is 6.07 Å². The molecule has 5 nitrogen and oxygen atoms in total. The van der Waals surface area contributed by atoms with Crippen molar-refractivity contribution in [3.63, 3.8) is 0 Å². The van der Waals surface area contributed by atoms with Gasteiger partial charge in [-0.05, 0) is 37.4 Å². The number of fused-ring (bicyclic) bond motifs is 1. The van der Waals surface area contributed by atoms with E-state index in [1.54, 1.807) is 6.07 Å². The predicted octanol–water partition coefficient (Wildman–Crippen LogP) is 2.69. The summed E-state index contributed by atoms with van der Waals surface area (Å²) in [6, 6.07) is 8.41. The Labute approximate surface area is 127 Å². The van der Waals surface area contributed by atoms with Crippen molar-refractivity contribution in [3.05, 3.63) is 40.6 Å². The van der Waals surface area contributed by atoms with Crippen LogP contribution in [0.15, 0.2) is 40.6 Å². The molecular weight excluding hydrogens is 310 g/mol. The Hall–Kier alpha value is -1.57. The Morgan fingerprint density at radius 2 is 1.95 bits per heavy atom. The molecule has 0 spiro atoms. The van der Waals surface area contributed by atoms with Crippen molar-refractivity contribution in [1.82, 2.24) is 4.72 Å². The zero-order chi connectivity index (χ0) is 15.1. The lowest BCUT2D eigenvalue weighted by atomic mass is 10.1. The fraction of sp³-hybridized carbons (Fsp3) is 0.286. The molecule has 2 aromatic rings. The average molecular weight is 325 g/mol. The van der Waals surface area contributed by atoms with E-state index in [4.69, 9.17) is 9.47 Å².